The van der Waals surface area contributed by atoms with Crippen LogP contribution < -0.4 is 14.2 Å². The third kappa shape index (κ3) is 3.96. The molecular formula is C15H15F2NO4S. The highest BCUT2D eigenvalue weighted by Crippen LogP contribution is 2.28. The molecule has 2 rings (SSSR count). The quantitative estimate of drug-likeness (QED) is 0.875. The summed E-state index contributed by atoms with van der Waals surface area (Å²) in [6, 6.07) is 7.50. The fourth-order valence-electron chi connectivity index (χ4n) is 1.90. The molecule has 8 heteroatoms. The minimum absolute atomic E-state index is 0.109. The summed E-state index contributed by atoms with van der Waals surface area (Å²) in [4.78, 5) is -0.109. The second-order valence-electron chi connectivity index (χ2n) is 4.59. The third-order valence-electron chi connectivity index (χ3n) is 3.11. The molecule has 0 aliphatic rings. The van der Waals surface area contributed by atoms with Gasteiger partial charge in [-0.2, -0.15) is 0 Å². The molecule has 1 N–H and O–H groups in total. The Morgan fingerprint density at radius 3 is 2.35 bits per heavy atom. The van der Waals surface area contributed by atoms with Crippen molar-refractivity contribution in [3.05, 3.63) is 53.6 Å². The van der Waals surface area contributed by atoms with Gasteiger partial charge in [-0.25, -0.2) is 21.9 Å². The van der Waals surface area contributed by atoms with Gasteiger partial charge in [-0.1, -0.05) is 6.07 Å². The topological polar surface area (TPSA) is 64.6 Å². The van der Waals surface area contributed by atoms with E-state index in [4.69, 9.17) is 9.47 Å². The van der Waals surface area contributed by atoms with Crippen molar-refractivity contribution in [3.63, 3.8) is 0 Å². The Labute approximate surface area is 132 Å². The van der Waals surface area contributed by atoms with Gasteiger partial charge in [-0.05, 0) is 29.8 Å². The van der Waals surface area contributed by atoms with E-state index in [1.54, 1.807) is 6.07 Å². The Morgan fingerprint density at radius 1 is 1.00 bits per heavy atom. The van der Waals surface area contributed by atoms with Crippen LogP contribution in [-0.4, -0.2) is 22.6 Å². The average molecular weight is 343 g/mol. The normalized spacial score (nSPS) is 11.3. The highest BCUT2D eigenvalue weighted by atomic mass is 32.2. The van der Waals surface area contributed by atoms with E-state index in [0.29, 0.717) is 5.75 Å². The van der Waals surface area contributed by atoms with Gasteiger partial charge in [0.25, 0.3) is 0 Å². The van der Waals surface area contributed by atoms with Gasteiger partial charge in [0.2, 0.25) is 10.0 Å². The molecule has 0 saturated carbocycles. The van der Waals surface area contributed by atoms with Gasteiger partial charge in [0, 0.05) is 12.6 Å². The Hall–Kier alpha value is -2.19. The number of sulfonamides is 1. The summed E-state index contributed by atoms with van der Waals surface area (Å²) in [6.45, 7) is -0.195. The summed E-state index contributed by atoms with van der Waals surface area (Å²) in [5, 5.41) is 0. The van der Waals surface area contributed by atoms with Crippen LogP contribution in [-0.2, 0) is 16.6 Å². The maximum Gasteiger partial charge on any atom is 0.244 e. The zero-order chi connectivity index (χ0) is 17.0. The van der Waals surface area contributed by atoms with E-state index in [1.807, 2.05) is 0 Å². The molecule has 2 aromatic carbocycles. The van der Waals surface area contributed by atoms with Crippen molar-refractivity contribution in [1.29, 1.82) is 0 Å². The second kappa shape index (κ2) is 6.93. The van der Waals surface area contributed by atoms with Crippen molar-refractivity contribution in [2.24, 2.45) is 0 Å². The molecule has 0 heterocycles. The van der Waals surface area contributed by atoms with Gasteiger partial charge in [0.05, 0.1) is 14.2 Å². The van der Waals surface area contributed by atoms with E-state index < -0.39 is 21.7 Å². The lowest BCUT2D eigenvalue weighted by atomic mass is 10.2. The first-order valence-electron chi connectivity index (χ1n) is 6.53. The van der Waals surface area contributed by atoms with Crippen molar-refractivity contribution < 1.29 is 26.7 Å². The van der Waals surface area contributed by atoms with Crippen LogP contribution in [0, 0.1) is 11.6 Å². The van der Waals surface area contributed by atoms with E-state index >= 15 is 0 Å². The number of ether oxygens (including phenoxy) is 2. The molecule has 0 radical (unpaired) electrons. The molecular weight excluding hydrogens is 328 g/mol. The van der Waals surface area contributed by atoms with Crippen LogP contribution in [0.25, 0.3) is 0 Å². The van der Waals surface area contributed by atoms with E-state index in [2.05, 4.69) is 4.72 Å². The Bertz CT molecular complexity index is 809. The van der Waals surface area contributed by atoms with Gasteiger partial charge in [-0.3, -0.25) is 0 Å². The number of halogens is 2. The maximum atomic E-state index is 13.2. The van der Waals surface area contributed by atoms with Crippen molar-refractivity contribution in [3.8, 4) is 11.5 Å². The summed E-state index contributed by atoms with van der Waals surface area (Å²) in [5.41, 5.74) is 0.286. The Morgan fingerprint density at radius 2 is 1.74 bits per heavy atom. The summed E-state index contributed by atoms with van der Waals surface area (Å²) >= 11 is 0. The van der Waals surface area contributed by atoms with E-state index in [-0.39, 0.29) is 22.8 Å². The van der Waals surface area contributed by atoms with Crippen LogP contribution in [0.3, 0.4) is 0 Å². The van der Waals surface area contributed by atoms with Crippen LogP contribution in [0.2, 0.25) is 0 Å². The standard InChI is InChI=1S/C15H15F2NO4S/c1-21-11-4-6-14(22-2)15(8-11)23(19,20)18-9-10-3-5-12(16)13(17)7-10/h3-8,18H,9H2,1-2H3. The smallest absolute Gasteiger partial charge is 0.244 e. The lowest BCUT2D eigenvalue weighted by Crippen LogP contribution is -2.24. The van der Waals surface area contributed by atoms with Crippen LogP contribution in [0.15, 0.2) is 41.3 Å². The molecule has 0 spiro atoms. The van der Waals surface area contributed by atoms with E-state index in [1.165, 1.54) is 32.4 Å². The second-order valence-corrected chi connectivity index (χ2v) is 6.33. The van der Waals surface area contributed by atoms with Gasteiger partial charge in [0.1, 0.15) is 16.4 Å². The minimum Gasteiger partial charge on any atom is -0.497 e. The summed E-state index contributed by atoms with van der Waals surface area (Å²) in [6.07, 6.45) is 0. The van der Waals surface area contributed by atoms with Crippen LogP contribution in [0.1, 0.15) is 5.56 Å². The monoisotopic (exact) mass is 343 g/mol. The molecule has 0 unspecified atom stereocenters. The largest absolute Gasteiger partial charge is 0.497 e. The average Bonchev–Trinajstić information content (AvgIpc) is 2.55. The number of hydrogen-bond acceptors (Lipinski definition) is 4. The molecule has 23 heavy (non-hydrogen) atoms. The predicted octanol–water partition coefficient (Wildman–Crippen LogP) is 2.46. The van der Waals surface area contributed by atoms with Gasteiger partial charge < -0.3 is 9.47 Å². The zero-order valence-corrected chi connectivity index (χ0v) is 13.3. The lowest BCUT2D eigenvalue weighted by molar-refractivity contribution is 0.392. The number of rotatable bonds is 6. The van der Waals surface area contributed by atoms with Gasteiger partial charge >= 0.3 is 0 Å². The summed E-state index contributed by atoms with van der Waals surface area (Å²) in [5.74, 6) is -1.55. The van der Waals surface area contributed by atoms with Crippen molar-refractivity contribution in [2.45, 2.75) is 11.4 Å². The molecule has 2 aromatic rings. The first kappa shape index (κ1) is 17.2. The molecule has 0 amide bonds. The lowest BCUT2D eigenvalue weighted by Gasteiger charge is -2.12. The van der Waals surface area contributed by atoms with Gasteiger partial charge in [0.15, 0.2) is 11.6 Å². The van der Waals surface area contributed by atoms with Crippen molar-refractivity contribution >= 4 is 10.0 Å². The molecule has 124 valence electrons. The molecule has 0 fully saturated rings. The molecule has 0 aromatic heterocycles. The minimum atomic E-state index is -3.93. The third-order valence-corrected chi connectivity index (χ3v) is 4.53. The van der Waals surface area contributed by atoms with Crippen LogP contribution in [0.4, 0.5) is 8.78 Å². The first-order chi connectivity index (χ1) is 10.9. The number of benzene rings is 2. The fraction of sp³-hybridized carbons (Fsp3) is 0.200. The Kier molecular flexibility index (Phi) is 5.17. The number of methoxy groups -OCH3 is 2. The highest BCUT2D eigenvalue weighted by molar-refractivity contribution is 7.89. The molecule has 5 nitrogen and oxygen atoms in total. The molecule has 0 aliphatic carbocycles. The zero-order valence-electron chi connectivity index (χ0n) is 12.5. The molecule has 0 aliphatic heterocycles. The SMILES string of the molecule is COc1ccc(OC)c(S(=O)(=O)NCc2ccc(F)c(F)c2)c1. The first-order valence-corrected chi connectivity index (χ1v) is 8.01. The number of hydrogen-bond donors (Lipinski definition) is 1. The predicted molar refractivity (Wildman–Crippen MR) is 79.9 cm³/mol. The summed E-state index contributed by atoms with van der Waals surface area (Å²) in [7, 11) is -1.17. The van der Waals surface area contributed by atoms with Gasteiger partial charge in [-0.15, -0.1) is 0 Å². The van der Waals surface area contributed by atoms with Crippen LogP contribution >= 0.6 is 0 Å². The maximum absolute atomic E-state index is 13.2. The molecule has 0 atom stereocenters. The van der Waals surface area contributed by atoms with Crippen molar-refractivity contribution in [1.82, 2.24) is 4.72 Å². The summed E-state index contributed by atoms with van der Waals surface area (Å²) < 4.78 is 63.2. The fourth-order valence-corrected chi connectivity index (χ4v) is 3.10. The molecule has 0 saturated heterocycles. The Balaban J connectivity index is 2.26. The molecule has 0 bridgehead atoms. The highest BCUT2D eigenvalue weighted by Gasteiger charge is 2.20. The van der Waals surface area contributed by atoms with E-state index in [9.17, 15) is 17.2 Å². The van der Waals surface area contributed by atoms with Crippen molar-refractivity contribution in [2.75, 3.05) is 14.2 Å². The van der Waals surface area contributed by atoms with Crippen LogP contribution in [0.5, 0.6) is 11.5 Å². The van der Waals surface area contributed by atoms with E-state index in [0.717, 1.165) is 12.1 Å². The number of nitrogens with one attached hydrogen (secondary N) is 1.